The minimum absolute atomic E-state index is 0.128. The zero-order valence-electron chi connectivity index (χ0n) is 13.4. The topological polar surface area (TPSA) is 63.2 Å². The van der Waals surface area contributed by atoms with Crippen LogP contribution in [0, 0.1) is 0 Å². The van der Waals surface area contributed by atoms with Crippen LogP contribution >= 0.6 is 11.6 Å². The number of nitrogens with zero attached hydrogens (tertiary/aromatic N) is 1. The Labute approximate surface area is 141 Å². The van der Waals surface area contributed by atoms with Gasteiger partial charge in [0.15, 0.2) is 0 Å². The standard InChI is InChI=1S/C17H20ClN3O2/c1-4-11(2)20-17(22)15-7-5-13(10-19-15)21-12-6-8-16(23-3)14(18)9-12/h5-11,21H,4H2,1-3H3,(H,20,22). The monoisotopic (exact) mass is 333 g/mol. The van der Waals surface area contributed by atoms with Gasteiger partial charge in [0, 0.05) is 11.7 Å². The summed E-state index contributed by atoms with van der Waals surface area (Å²) in [7, 11) is 1.57. The van der Waals surface area contributed by atoms with Gasteiger partial charge in [-0.1, -0.05) is 18.5 Å². The minimum Gasteiger partial charge on any atom is -0.495 e. The van der Waals surface area contributed by atoms with Crippen LogP contribution in [0.15, 0.2) is 36.5 Å². The molecule has 0 fully saturated rings. The van der Waals surface area contributed by atoms with E-state index >= 15 is 0 Å². The molecule has 0 aliphatic rings. The van der Waals surface area contributed by atoms with Gasteiger partial charge in [-0.2, -0.15) is 0 Å². The quantitative estimate of drug-likeness (QED) is 0.838. The number of carbonyl (C=O) groups is 1. The second-order valence-corrected chi connectivity index (χ2v) is 5.60. The fourth-order valence-corrected chi connectivity index (χ4v) is 2.17. The zero-order valence-corrected chi connectivity index (χ0v) is 14.1. The molecule has 0 aliphatic carbocycles. The van der Waals surface area contributed by atoms with E-state index in [1.165, 1.54) is 0 Å². The first kappa shape index (κ1) is 17.1. The van der Waals surface area contributed by atoms with Crippen molar-refractivity contribution in [3.63, 3.8) is 0 Å². The van der Waals surface area contributed by atoms with Gasteiger partial charge < -0.3 is 15.4 Å². The lowest BCUT2D eigenvalue weighted by Crippen LogP contribution is -2.32. The van der Waals surface area contributed by atoms with Gasteiger partial charge in [-0.3, -0.25) is 4.79 Å². The Morgan fingerprint density at radius 3 is 2.61 bits per heavy atom. The summed E-state index contributed by atoms with van der Waals surface area (Å²) in [6, 6.07) is 9.02. The van der Waals surface area contributed by atoms with Gasteiger partial charge in [-0.05, 0) is 43.7 Å². The molecule has 1 atom stereocenters. The molecule has 23 heavy (non-hydrogen) atoms. The van der Waals surface area contributed by atoms with Crippen LogP contribution in [0.1, 0.15) is 30.8 Å². The number of ether oxygens (including phenoxy) is 1. The maximum Gasteiger partial charge on any atom is 0.270 e. The molecule has 2 aromatic rings. The molecule has 6 heteroatoms. The average Bonchev–Trinajstić information content (AvgIpc) is 2.55. The van der Waals surface area contributed by atoms with Crippen molar-refractivity contribution in [2.24, 2.45) is 0 Å². The fraction of sp³-hybridized carbons (Fsp3) is 0.294. The molecule has 1 amide bonds. The SMILES string of the molecule is CCC(C)NC(=O)c1ccc(Nc2ccc(OC)c(Cl)c2)cn1. The summed E-state index contributed by atoms with van der Waals surface area (Å²) < 4.78 is 5.12. The van der Waals surface area contributed by atoms with Crippen molar-refractivity contribution in [2.75, 3.05) is 12.4 Å². The predicted octanol–water partition coefficient (Wildman–Crippen LogP) is 4.02. The van der Waals surface area contributed by atoms with Crippen LogP contribution in [0.25, 0.3) is 0 Å². The molecule has 0 saturated heterocycles. The van der Waals surface area contributed by atoms with Crippen molar-refractivity contribution in [3.8, 4) is 5.75 Å². The highest BCUT2D eigenvalue weighted by molar-refractivity contribution is 6.32. The smallest absolute Gasteiger partial charge is 0.270 e. The molecule has 2 N–H and O–H groups in total. The summed E-state index contributed by atoms with van der Waals surface area (Å²) >= 11 is 6.09. The van der Waals surface area contributed by atoms with Crippen LogP contribution in [0.5, 0.6) is 5.75 Å². The van der Waals surface area contributed by atoms with E-state index in [0.717, 1.165) is 17.8 Å². The molecule has 2 rings (SSSR count). The van der Waals surface area contributed by atoms with Crippen LogP contribution in [0.2, 0.25) is 5.02 Å². The van der Waals surface area contributed by atoms with Crippen LogP contribution in [-0.2, 0) is 0 Å². The number of amides is 1. The first-order chi connectivity index (χ1) is 11.0. The first-order valence-electron chi connectivity index (χ1n) is 7.41. The Balaban J connectivity index is 2.05. The number of nitrogens with one attached hydrogen (secondary N) is 2. The van der Waals surface area contributed by atoms with E-state index in [0.29, 0.717) is 16.5 Å². The number of anilines is 2. The van der Waals surface area contributed by atoms with E-state index in [2.05, 4.69) is 15.6 Å². The molecule has 0 aliphatic heterocycles. The number of hydrogen-bond donors (Lipinski definition) is 2. The Morgan fingerprint density at radius 2 is 2.04 bits per heavy atom. The van der Waals surface area contributed by atoms with Gasteiger partial charge in [0.1, 0.15) is 11.4 Å². The molecule has 1 unspecified atom stereocenters. The van der Waals surface area contributed by atoms with E-state index in [1.54, 1.807) is 37.6 Å². The molecule has 0 saturated carbocycles. The molecule has 1 heterocycles. The second-order valence-electron chi connectivity index (χ2n) is 5.19. The van der Waals surface area contributed by atoms with E-state index in [4.69, 9.17) is 16.3 Å². The van der Waals surface area contributed by atoms with Gasteiger partial charge >= 0.3 is 0 Å². The van der Waals surface area contributed by atoms with Gasteiger partial charge in [0.05, 0.1) is 24.0 Å². The third-order valence-electron chi connectivity index (χ3n) is 3.43. The molecule has 1 aromatic heterocycles. The molecule has 0 spiro atoms. The van der Waals surface area contributed by atoms with Crippen molar-refractivity contribution in [1.82, 2.24) is 10.3 Å². The van der Waals surface area contributed by atoms with Crippen molar-refractivity contribution in [1.29, 1.82) is 0 Å². The maximum atomic E-state index is 12.0. The number of pyridine rings is 1. The van der Waals surface area contributed by atoms with Crippen molar-refractivity contribution < 1.29 is 9.53 Å². The lowest BCUT2D eigenvalue weighted by molar-refractivity contribution is 0.0934. The number of rotatable bonds is 6. The predicted molar refractivity (Wildman–Crippen MR) is 92.7 cm³/mol. The minimum atomic E-state index is -0.168. The van der Waals surface area contributed by atoms with E-state index in [1.807, 2.05) is 19.9 Å². The van der Waals surface area contributed by atoms with Crippen molar-refractivity contribution >= 4 is 28.9 Å². The van der Waals surface area contributed by atoms with E-state index < -0.39 is 0 Å². The largest absolute Gasteiger partial charge is 0.495 e. The Bertz CT molecular complexity index is 674. The normalized spacial score (nSPS) is 11.7. The van der Waals surface area contributed by atoms with Gasteiger partial charge in [-0.25, -0.2) is 4.98 Å². The molecular formula is C17H20ClN3O2. The van der Waals surface area contributed by atoms with Crippen LogP contribution in [-0.4, -0.2) is 24.0 Å². The number of carbonyl (C=O) groups excluding carboxylic acids is 1. The summed E-state index contributed by atoms with van der Waals surface area (Å²) in [5, 5.41) is 6.59. The Morgan fingerprint density at radius 1 is 1.30 bits per heavy atom. The Kier molecular flexibility index (Phi) is 5.82. The molecule has 1 aromatic carbocycles. The number of aromatic nitrogens is 1. The van der Waals surface area contributed by atoms with Crippen LogP contribution in [0.4, 0.5) is 11.4 Å². The number of halogens is 1. The lowest BCUT2D eigenvalue weighted by Gasteiger charge is -2.12. The molecule has 122 valence electrons. The van der Waals surface area contributed by atoms with Gasteiger partial charge in [-0.15, -0.1) is 0 Å². The maximum absolute atomic E-state index is 12.0. The highest BCUT2D eigenvalue weighted by Gasteiger charge is 2.10. The first-order valence-corrected chi connectivity index (χ1v) is 7.78. The fourth-order valence-electron chi connectivity index (χ4n) is 1.91. The van der Waals surface area contributed by atoms with E-state index in [9.17, 15) is 4.79 Å². The summed E-state index contributed by atoms with van der Waals surface area (Å²) in [4.78, 5) is 16.2. The Hall–Kier alpha value is -2.27. The summed E-state index contributed by atoms with van der Waals surface area (Å²) in [5.74, 6) is 0.450. The average molecular weight is 334 g/mol. The highest BCUT2D eigenvalue weighted by Crippen LogP contribution is 2.28. The van der Waals surface area contributed by atoms with Crippen molar-refractivity contribution in [2.45, 2.75) is 26.3 Å². The lowest BCUT2D eigenvalue weighted by atomic mass is 10.2. The second kappa shape index (κ2) is 7.83. The van der Waals surface area contributed by atoms with E-state index in [-0.39, 0.29) is 11.9 Å². The molecule has 0 radical (unpaired) electrons. The molecular weight excluding hydrogens is 314 g/mol. The van der Waals surface area contributed by atoms with Crippen LogP contribution in [0.3, 0.4) is 0 Å². The zero-order chi connectivity index (χ0) is 16.8. The summed E-state index contributed by atoms with van der Waals surface area (Å²) in [6.45, 7) is 3.98. The van der Waals surface area contributed by atoms with Crippen molar-refractivity contribution in [3.05, 3.63) is 47.2 Å². The highest BCUT2D eigenvalue weighted by atomic mass is 35.5. The summed E-state index contributed by atoms with van der Waals surface area (Å²) in [5.41, 5.74) is 1.98. The third-order valence-corrected chi connectivity index (χ3v) is 3.72. The molecule has 0 bridgehead atoms. The molecule has 5 nitrogen and oxygen atoms in total. The number of benzene rings is 1. The number of methoxy groups -OCH3 is 1. The number of hydrogen-bond acceptors (Lipinski definition) is 4. The summed E-state index contributed by atoms with van der Waals surface area (Å²) in [6.07, 6.45) is 2.49. The third kappa shape index (κ3) is 4.60. The van der Waals surface area contributed by atoms with Crippen LogP contribution < -0.4 is 15.4 Å². The van der Waals surface area contributed by atoms with Gasteiger partial charge in [0.25, 0.3) is 5.91 Å². The van der Waals surface area contributed by atoms with Gasteiger partial charge in [0.2, 0.25) is 0 Å².